The first-order chi connectivity index (χ1) is 14.2. The van der Waals surface area contributed by atoms with Gasteiger partial charge in [0.25, 0.3) is 5.91 Å². The minimum absolute atomic E-state index is 0.00657. The van der Waals surface area contributed by atoms with Crippen molar-refractivity contribution in [2.75, 3.05) is 31.1 Å². The molecule has 1 heterocycles. The fourth-order valence-electron chi connectivity index (χ4n) is 3.52. The number of amides is 1. The average Bonchev–Trinajstić information content (AvgIpc) is 2.79. The van der Waals surface area contributed by atoms with E-state index >= 15 is 0 Å². The van der Waals surface area contributed by atoms with E-state index in [1.165, 1.54) is 0 Å². The fraction of sp³-hybridized carbons (Fsp3) is 0.208. The fourth-order valence-corrected chi connectivity index (χ4v) is 3.52. The molecule has 1 aliphatic heterocycles. The monoisotopic (exact) mass is 388 g/mol. The van der Waals surface area contributed by atoms with Crippen LogP contribution in [0.5, 0.6) is 11.5 Å². The molecule has 4 rings (SSSR count). The number of aromatic hydroxyl groups is 1. The zero-order chi connectivity index (χ0) is 20.1. The third kappa shape index (κ3) is 4.51. The molecule has 0 bridgehead atoms. The van der Waals surface area contributed by atoms with E-state index in [-0.39, 0.29) is 11.7 Å². The molecule has 1 aliphatic rings. The second-order valence-corrected chi connectivity index (χ2v) is 7.07. The first kappa shape index (κ1) is 18.9. The van der Waals surface area contributed by atoms with Crippen molar-refractivity contribution in [3.05, 3.63) is 90.0 Å². The Hall–Kier alpha value is -3.47. The Balaban J connectivity index is 1.37. The van der Waals surface area contributed by atoms with Gasteiger partial charge in [-0.3, -0.25) is 4.79 Å². The van der Waals surface area contributed by atoms with Gasteiger partial charge in [0.1, 0.15) is 18.1 Å². The van der Waals surface area contributed by atoms with Crippen molar-refractivity contribution in [1.29, 1.82) is 0 Å². The number of benzene rings is 3. The summed E-state index contributed by atoms with van der Waals surface area (Å²) in [5.74, 6) is 0.968. The molecule has 0 atom stereocenters. The summed E-state index contributed by atoms with van der Waals surface area (Å²) in [6.45, 7) is 3.07. The second kappa shape index (κ2) is 8.69. The molecule has 148 valence electrons. The number of carbonyl (C=O) groups excluding carboxylic acids is 1. The van der Waals surface area contributed by atoms with Crippen LogP contribution in [-0.4, -0.2) is 42.1 Å². The topological polar surface area (TPSA) is 53.0 Å². The summed E-state index contributed by atoms with van der Waals surface area (Å²) in [5, 5.41) is 10.0. The molecule has 29 heavy (non-hydrogen) atoms. The van der Waals surface area contributed by atoms with E-state index in [9.17, 15) is 9.90 Å². The predicted octanol–water partition coefficient (Wildman–Crippen LogP) is 3.93. The molecule has 3 aromatic rings. The maximum Gasteiger partial charge on any atom is 0.254 e. The molecular formula is C24H24N2O3. The number of hydrogen-bond donors (Lipinski definition) is 1. The van der Waals surface area contributed by atoms with Gasteiger partial charge in [0, 0.05) is 31.7 Å². The predicted molar refractivity (Wildman–Crippen MR) is 113 cm³/mol. The van der Waals surface area contributed by atoms with Crippen molar-refractivity contribution in [2.24, 2.45) is 0 Å². The average molecular weight is 388 g/mol. The summed E-state index contributed by atoms with van der Waals surface area (Å²) in [5.41, 5.74) is 2.53. The van der Waals surface area contributed by atoms with Crippen molar-refractivity contribution in [3.63, 3.8) is 0 Å². The minimum atomic E-state index is 0.00657. The number of carbonyl (C=O) groups is 1. The van der Waals surface area contributed by atoms with Crippen molar-refractivity contribution < 1.29 is 14.6 Å². The highest BCUT2D eigenvalue weighted by Gasteiger charge is 2.23. The van der Waals surface area contributed by atoms with E-state index in [1.807, 2.05) is 71.6 Å². The Morgan fingerprint density at radius 3 is 2.34 bits per heavy atom. The zero-order valence-electron chi connectivity index (χ0n) is 16.2. The van der Waals surface area contributed by atoms with Crippen molar-refractivity contribution in [3.8, 4) is 11.5 Å². The number of rotatable bonds is 5. The van der Waals surface area contributed by atoms with E-state index in [1.54, 1.807) is 12.1 Å². The largest absolute Gasteiger partial charge is 0.506 e. The van der Waals surface area contributed by atoms with E-state index in [0.29, 0.717) is 44.1 Å². The smallest absolute Gasteiger partial charge is 0.254 e. The Bertz CT molecular complexity index is 967. The molecule has 0 spiro atoms. The van der Waals surface area contributed by atoms with Crippen LogP contribution in [-0.2, 0) is 6.61 Å². The molecule has 0 aromatic heterocycles. The second-order valence-electron chi connectivity index (χ2n) is 7.07. The molecule has 1 N–H and O–H groups in total. The number of phenols is 1. The SMILES string of the molecule is O=C(c1cccc(OCc2ccccc2)c1)N1CCN(c2ccccc2O)CC1. The van der Waals surface area contributed by atoms with E-state index in [0.717, 1.165) is 11.3 Å². The summed E-state index contributed by atoms with van der Waals surface area (Å²) in [7, 11) is 0. The van der Waals surface area contributed by atoms with Gasteiger partial charge in [-0.15, -0.1) is 0 Å². The Morgan fingerprint density at radius 1 is 0.862 bits per heavy atom. The highest BCUT2D eigenvalue weighted by atomic mass is 16.5. The van der Waals surface area contributed by atoms with Gasteiger partial charge in [-0.1, -0.05) is 48.5 Å². The summed E-state index contributed by atoms with van der Waals surface area (Å²) in [4.78, 5) is 16.9. The number of piperazine rings is 1. The van der Waals surface area contributed by atoms with Crippen LogP contribution in [0.4, 0.5) is 5.69 Å². The Labute approximate surface area is 170 Å². The van der Waals surface area contributed by atoms with Crippen LogP contribution in [0.2, 0.25) is 0 Å². The molecule has 1 fully saturated rings. The van der Waals surface area contributed by atoms with Gasteiger partial charge in [0.2, 0.25) is 0 Å². The third-order valence-corrected chi connectivity index (χ3v) is 5.12. The molecular weight excluding hydrogens is 364 g/mol. The molecule has 0 unspecified atom stereocenters. The van der Waals surface area contributed by atoms with Crippen LogP contribution in [0.3, 0.4) is 0 Å². The molecule has 0 aliphatic carbocycles. The number of hydrogen-bond acceptors (Lipinski definition) is 4. The maximum atomic E-state index is 12.9. The molecule has 3 aromatic carbocycles. The van der Waals surface area contributed by atoms with E-state index in [2.05, 4.69) is 4.90 Å². The molecule has 0 radical (unpaired) electrons. The van der Waals surface area contributed by atoms with Gasteiger partial charge in [-0.05, 0) is 35.9 Å². The van der Waals surface area contributed by atoms with Crippen LogP contribution in [0.15, 0.2) is 78.9 Å². The van der Waals surface area contributed by atoms with Crippen molar-refractivity contribution in [1.82, 2.24) is 4.90 Å². The van der Waals surface area contributed by atoms with Crippen LogP contribution in [0.25, 0.3) is 0 Å². The van der Waals surface area contributed by atoms with E-state index in [4.69, 9.17) is 4.74 Å². The highest BCUT2D eigenvalue weighted by Crippen LogP contribution is 2.27. The quantitative estimate of drug-likeness (QED) is 0.720. The van der Waals surface area contributed by atoms with Gasteiger partial charge in [0.15, 0.2) is 0 Å². The third-order valence-electron chi connectivity index (χ3n) is 5.12. The summed E-state index contributed by atoms with van der Waals surface area (Å²) in [6, 6.07) is 24.6. The number of anilines is 1. The number of phenolic OH excluding ortho intramolecular Hbond substituents is 1. The number of ether oxygens (including phenoxy) is 1. The summed E-state index contributed by atoms with van der Waals surface area (Å²) >= 11 is 0. The first-order valence-electron chi connectivity index (χ1n) is 9.80. The van der Waals surface area contributed by atoms with Gasteiger partial charge >= 0.3 is 0 Å². The lowest BCUT2D eigenvalue weighted by molar-refractivity contribution is 0.0746. The van der Waals surface area contributed by atoms with Gasteiger partial charge in [-0.2, -0.15) is 0 Å². The lowest BCUT2D eigenvalue weighted by Gasteiger charge is -2.36. The molecule has 0 saturated carbocycles. The lowest BCUT2D eigenvalue weighted by Crippen LogP contribution is -2.48. The lowest BCUT2D eigenvalue weighted by atomic mass is 10.1. The standard InChI is InChI=1S/C24H24N2O3/c27-23-12-5-4-11-22(23)25-13-15-26(16-14-25)24(28)20-9-6-10-21(17-20)29-18-19-7-2-1-3-8-19/h1-12,17,27H,13-16,18H2. The summed E-state index contributed by atoms with van der Waals surface area (Å²) < 4.78 is 5.85. The molecule has 5 heteroatoms. The van der Waals surface area contributed by atoms with Crippen molar-refractivity contribution >= 4 is 11.6 Å². The zero-order valence-corrected chi connectivity index (χ0v) is 16.2. The highest BCUT2D eigenvalue weighted by molar-refractivity contribution is 5.94. The van der Waals surface area contributed by atoms with E-state index < -0.39 is 0 Å². The normalized spacial score (nSPS) is 13.9. The van der Waals surface area contributed by atoms with Crippen LogP contribution in [0, 0.1) is 0 Å². The Kier molecular flexibility index (Phi) is 5.66. The van der Waals surface area contributed by atoms with Crippen molar-refractivity contribution in [2.45, 2.75) is 6.61 Å². The van der Waals surface area contributed by atoms with Gasteiger partial charge in [0.05, 0.1) is 5.69 Å². The molecule has 1 saturated heterocycles. The van der Waals surface area contributed by atoms with Gasteiger partial charge in [-0.25, -0.2) is 0 Å². The molecule has 1 amide bonds. The molecule has 5 nitrogen and oxygen atoms in total. The summed E-state index contributed by atoms with van der Waals surface area (Å²) in [6.07, 6.45) is 0. The maximum absolute atomic E-state index is 12.9. The van der Waals surface area contributed by atoms with Crippen LogP contribution >= 0.6 is 0 Å². The van der Waals surface area contributed by atoms with Crippen LogP contribution in [0.1, 0.15) is 15.9 Å². The first-order valence-corrected chi connectivity index (χ1v) is 9.80. The van der Waals surface area contributed by atoms with Crippen LogP contribution < -0.4 is 9.64 Å². The van der Waals surface area contributed by atoms with Gasteiger partial charge < -0.3 is 19.6 Å². The minimum Gasteiger partial charge on any atom is -0.506 e. The Morgan fingerprint density at radius 2 is 1.59 bits per heavy atom. The number of nitrogens with zero attached hydrogens (tertiary/aromatic N) is 2. The number of para-hydroxylation sites is 2.